The van der Waals surface area contributed by atoms with Crippen LogP contribution in [0.3, 0.4) is 0 Å². The van der Waals surface area contributed by atoms with Crippen LogP contribution in [0, 0.1) is 5.92 Å². The van der Waals surface area contributed by atoms with Crippen LogP contribution in [0.5, 0.6) is 0 Å². The number of rotatable bonds is 10. The number of fused-ring (bicyclic) bond motifs is 1. The van der Waals surface area contributed by atoms with Gasteiger partial charge in [0.25, 0.3) is 11.4 Å². The second-order valence-electron chi connectivity index (χ2n) is 11.3. The number of carbonyl (C=O) groups is 3. The number of carbonyl (C=O) groups excluding carboxylic acids is 3. The standard InChI is InChI=1S/C32H32N8O6/c1-18(2)25(26(42)28-38-39-30(46-28)32(3,4)23-16-33-20-13-9-10-14-21(20)35-23)37-24(41)17-40-27(19-11-7-6-8-12-19)34-15-22(29(40)43)36-31(44)45-5/h6-16,18,25H,17H2,1-5H3,(H,36,44)(H,37,41)/t25-/m1/s1. The molecule has 46 heavy (non-hydrogen) atoms. The van der Waals surface area contributed by atoms with Crippen LogP contribution in [0.25, 0.3) is 22.4 Å². The molecular formula is C32H32N8O6. The molecule has 0 saturated heterocycles. The Morgan fingerprint density at radius 1 is 0.957 bits per heavy atom. The first-order chi connectivity index (χ1) is 22.0. The zero-order chi connectivity index (χ0) is 33.0. The van der Waals surface area contributed by atoms with E-state index in [1.165, 1.54) is 6.20 Å². The van der Waals surface area contributed by atoms with Crippen molar-refractivity contribution >= 4 is 34.5 Å². The molecule has 2 amide bonds. The smallest absolute Gasteiger partial charge is 0.411 e. The lowest BCUT2D eigenvalue weighted by atomic mass is 9.89. The maximum atomic E-state index is 13.6. The van der Waals surface area contributed by atoms with Gasteiger partial charge in [-0.1, -0.05) is 56.3 Å². The number of methoxy groups -OCH3 is 1. The molecule has 0 radical (unpaired) electrons. The van der Waals surface area contributed by atoms with Crippen molar-refractivity contribution in [2.24, 2.45) is 5.92 Å². The van der Waals surface area contributed by atoms with Crippen molar-refractivity contribution in [2.75, 3.05) is 12.4 Å². The zero-order valence-corrected chi connectivity index (χ0v) is 25.8. The normalized spacial score (nSPS) is 12.1. The third kappa shape index (κ3) is 6.50. The van der Waals surface area contributed by atoms with Gasteiger partial charge in [-0.2, -0.15) is 0 Å². The van der Waals surface area contributed by atoms with Gasteiger partial charge in [-0.3, -0.25) is 29.3 Å². The van der Waals surface area contributed by atoms with E-state index in [1.807, 2.05) is 38.1 Å². The van der Waals surface area contributed by atoms with Gasteiger partial charge < -0.3 is 14.5 Å². The first-order valence-corrected chi connectivity index (χ1v) is 14.4. The van der Waals surface area contributed by atoms with Crippen LogP contribution >= 0.6 is 0 Å². The van der Waals surface area contributed by atoms with Gasteiger partial charge in [-0.15, -0.1) is 10.2 Å². The fourth-order valence-electron chi connectivity index (χ4n) is 4.68. The van der Waals surface area contributed by atoms with Crippen molar-refractivity contribution in [3.05, 3.63) is 94.8 Å². The van der Waals surface area contributed by atoms with Crippen molar-refractivity contribution in [3.8, 4) is 11.4 Å². The fourth-order valence-corrected chi connectivity index (χ4v) is 4.68. The van der Waals surface area contributed by atoms with E-state index in [9.17, 15) is 19.2 Å². The quantitative estimate of drug-likeness (QED) is 0.216. The number of nitrogens with zero attached hydrogens (tertiary/aromatic N) is 6. The average Bonchev–Trinajstić information content (AvgIpc) is 3.57. The number of aromatic nitrogens is 6. The maximum Gasteiger partial charge on any atom is 0.411 e. The van der Waals surface area contributed by atoms with Crippen LogP contribution in [0.2, 0.25) is 0 Å². The van der Waals surface area contributed by atoms with E-state index in [0.29, 0.717) is 16.8 Å². The van der Waals surface area contributed by atoms with Gasteiger partial charge in [-0.25, -0.2) is 14.8 Å². The van der Waals surface area contributed by atoms with Gasteiger partial charge in [-0.05, 0) is 31.9 Å². The number of Topliss-reactive ketones (excluding diaryl/α,β-unsaturated/α-hetero) is 1. The molecule has 5 aromatic rings. The number of hydrogen-bond acceptors (Lipinski definition) is 11. The number of nitrogens with one attached hydrogen (secondary N) is 2. The summed E-state index contributed by atoms with van der Waals surface area (Å²) < 4.78 is 11.6. The molecule has 0 aliphatic rings. The van der Waals surface area contributed by atoms with Crippen LogP contribution in [-0.4, -0.2) is 60.7 Å². The number of para-hydroxylation sites is 2. The molecule has 0 unspecified atom stereocenters. The molecule has 0 bridgehead atoms. The van der Waals surface area contributed by atoms with Gasteiger partial charge in [0.2, 0.25) is 17.6 Å². The van der Waals surface area contributed by atoms with Crippen LogP contribution < -0.4 is 16.2 Å². The van der Waals surface area contributed by atoms with Gasteiger partial charge in [0.1, 0.15) is 18.1 Å². The lowest BCUT2D eigenvalue weighted by molar-refractivity contribution is -0.122. The molecule has 14 nitrogen and oxygen atoms in total. The van der Waals surface area contributed by atoms with Crippen molar-refractivity contribution in [1.29, 1.82) is 0 Å². The highest BCUT2D eigenvalue weighted by molar-refractivity contribution is 5.98. The molecule has 14 heteroatoms. The van der Waals surface area contributed by atoms with Crippen molar-refractivity contribution in [2.45, 2.75) is 45.7 Å². The fraction of sp³-hybridized carbons (Fsp3) is 0.281. The van der Waals surface area contributed by atoms with Crippen LogP contribution in [0.1, 0.15) is 50.0 Å². The largest absolute Gasteiger partial charge is 0.453 e. The summed E-state index contributed by atoms with van der Waals surface area (Å²) in [5, 5.41) is 13.1. The lowest BCUT2D eigenvalue weighted by Crippen LogP contribution is -2.46. The van der Waals surface area contributed by atoms with Crippen LogP contribution in [0.15, 0.2) is 76.2 Å². The number of amides is 2. The molecule has 3 heterocycles. The minimum atomic E-state index is -1.07. The summed E-state index contributed by atoms with van der Waals surface area (Å²) in [7, 11) is 1.15. The van der Waals surface area contributed by atoms with E-state index in [2.05, 4.69) is 40.5 Å². The molecule has 3 aromatic heterocycles. The topological polar surface area (TPSA) is 184 Å². The number of benzene rings is 2. The Labute approximate surface area is 263 Å². The summed E-state index contributed by atoms with van der Waals surface area (Å²) in [5.41, 5.74) is 0.799. The minimum absolute atomic E-state index is 0.148. The Hall–Kier alpha value is -5.79. The van der Waals surface area contributed by atoms with E-state index < -0.39 is 41.3 Å². The lowest BCUT2D eigenvalue weighted by Gasteiger charge is -2.21. The summed E-state index contributed by atoms with van der Waals surface area (Å²) in [6.07, 6.45) is 1.94. The molecule has 0 fully saturated rings. The molecule has 0 spiro atoms. The molecule has 1 atom stereocenters. The Morgan fingerprint density at radius 3 is 2.35 bits per heavy atom. The van der Waals surface area contributed by atoms with E-state index in [4.69, 9.17) is 4.42 Å². The van der Waals surface area contributed by atoms with Crippen LogP contribution in [0.4, 0.5) is 10.5 Å². The first-order valence-electron chi connectivity index (χ1n) is 14.4. The zero-order valence-electron chi connectivity index (χ0n) is 25.8. The van der Waals surface area contributed by atoms with Gasteiger partial charge in [0, 0.05) is 5.56 Å². The molecule has 0 aliphatic heterocycles. The second-order valence-corrected chi connectivity index (χ2v) is 11.3. The summed E-state index contributed by atoms with van der Waals surface area (Å²) in [6, 6.07) is 15.1. The van der Waals surface area contributed by atoms with Crippen molar-refractivity contribution < 1.29 is 23.5 Å². The Balaban J connectivity index is 1.39. The molecule has 2 N–H and O–H groups in total. The number of ketones is 1. The van der Waals surface area contributed by atoms with Crippen molar-refractivity contribution in [3.63, 3.8) is 0 Å². The molecule has 0 saturated carbocycles. The van der Waals surface area contributed by atoms with E-state index >= 15 is 0 Å². The molecule has 2 aromatic carbocycles. The summed E-state index contributed by atoms with van der Waals surface area (Å²) in [5.74, 6) is -1.60. The second kappa shape index (κ2) is 13.1. The minimum Gasteiger partial charge on any atom is -0.453 e. The highest BCUT2D eigenvalue weighted by atomic mass is 16.5. The average molecular weight is 625 g/mol. The predicted octanol–water partition coefficient (Wildman–Crippen LogP) is 3.76. The highest BCUT2D eigenvalue weighted by Gasteiger charge is 2.35. The molecular weight excluding hydrogens is 592 g/mol. The maximum absolute atomic E-state index is 13.6. The predicted molar refractivity (Wildman–Crippen MR) is 167 cm³/mol. The Bertz CT molecular complexity index is 1970. The third-order valence-corrected chi connectivity index (χ3v) is 7.33. The summed E-state index contributed by atoms with van der Waals surface area (Å²) in [4.78, 5) is 65.7. The van der Waals surface area contributed by atoms with Gasteiger partial charge in [0.15, 0.2) is 0 Å². The SMILES string of the molecule is COC(=O)Nc1cnc(-c2ccccc2)n(CC(=O)N[C@@H](C(=O)c2nnc(C(C)(C)c3cnc4ccccc4n3)o2)C(C)C)c1=O. The Morgan fingerprint density at radius 2 is 1.65 bits per heavy atom. The van der Waals surface area contributed by atoms with Gasteiger partial charge >= 0.3 is 6.09 Å². The number of hydrogen-bond donors (Lipinski definition) is 2. The van der Waals surface area contributed by atoms with Crippen LogP contribution in [-0.2, 0) is 21.5 Å². The van der Waals surface area contributed by atoms with E-state index in [0.717, 1.165) is 17.2 Å². The monoisotopic (exact) mass is 624 g/mol. The third-order valence-electron chi connectivity index (χ3n) is 7.33. The highest BCUT2D eigenvalue weighted by Crippen LogP contribution is 2.30. The van der Waals surface area contributed by atoms with E-state index in [-0.39, 0.29) is 29.2 Å². The molecule has 0 aliphatic carbocycles. The molecule has 236 valence electrons. The molecule has 5 rings (SSSR count). The summed E-state index contributed by atoms with van der Waals surface area (Å²) in [6.45, 7) is 6.65. The number of ether oxygens (including phenoxy) is 1. The van der Waals surface area contributed by atoms with Crippen molar-refractivity contribution in [1.82, 2.24) is 35.0 Å². The first kappa shape index (κ1) is 31.6. The Kier molecular flexibility index (Phi) is 8.98. The number of anilines is 1. The summed E-state index contributed by atoms with van der Waals surface area (Å²) >= 11 is 0. The van der Waals surface area contributed by atoms with E-state index in [1.54, 1.807) is 50.4 Å². The van der Waals surface area contributed by atoms with Gasteiger partial charge in [0.05, 0.1) is 47.7 Å².